The van der Waals surface area contributed by atoms with Crippen LogP contribution in [0, 0.1) is 6.92 Å². The monoisotopic (exact) mass is 293 g/mol. The number of nitrogens with two attached hydrogens (primary N) is 1. The van der Waals surface area contributed by atoms with Gasteiger partial charge in [0.25, 0.3) is 5.91 Å². The summed E-state index contributed by atoms with van der Waals surface area (Å²) >= 11 is 0. The van der Waals surface area contributed by atoms with E-state index in [-0.39, 0.29) is 18.3 Å². The summed E-state index contributed by atoms with van der Waals surface area (Å²) in [5.74, 6) is 0.147. The Kier molecular flexibility index (Phi) is 4.35. The number of carbonyl (C=O) groups is 1. The summed E-state index contributed by atoms with van der Waals surface area (Å²) in [5, 5.41) is 4.58. The van der Waals surface area contributed by atoms with Gasteiger partial charge in [0.2, 0.25) is 0 Å². The third kappa shape index (κ3) is 2.53. The van der Waals surface area contributed by atoms with Crippen LogP contribution in [-0.4, -0.2) is 24.0 Å². The number of aromatic nitrogens is 1. The molecule has 0 spiro atoms. The number of aryl methyl sites for hydroxylation is 1. The second-order valence-corrected chi connectivity index (χ2v) is 5.35. The number of fused-ring (bicyclic) bond motifs is 1. The molecule has 0 bridgehead atoms. The molecule has 1 aromatic carbocycles. The first-order valence-corrected chi connectivity index (χ1v) is 6.79. The fourth-order valence-electron chi connectivity index (χ4n) is 3.05. The third-order valence-corrected chi connectivity index (χ3v) is 3.96. The summed E-state index contributed by atoms with van der Waals surface area (Å²) in [6.07, 6.45) is 2.40. The van der Waals surface area contributed by atoms with Gasteiger partial charge < -0.3 is 16.0 Å². The van der Waals surface area contributed by atoms with E-state index >= 15 is 0 Å². The average molecular weight is 294 g/mol. The number of H-pyrrole nitrogens is 1. The van der Waals surface area contributed by atoms with E-state index in [0.29, 0.717) is 11.5 Å². The van der Waals surface area contributed by atoms with E-state index in [2.05, 4.69) is 22.4 Å². The fourth-order valence-corrected chi connectivity index (χ4v) is 3.05. The minimum Gasteiger partial charge on any atom is -0.366 e. The van der Waals surface area contributed by atoms with Gasteiger partial charge in [-0.1, -0.05) is 6.07 Å². The summed E-state index contributed by atoms with van der Waals surface area (Å²) in [6, 6.07) is 6.03. The predicted molar refractivity (Wildman–Crippen MR) is 83.6 cm³/mol. The van der Waals surface area contributed by atoms with Crippen LogP contribution in [0.1, 0.15) is 40.4 Å². The van der Waals surface area contributed by atoms with Gasteiger partial charge in [-0.2, -0.15) is 0 Å². The average Bonchev–Trinajstić information content (AvgIpc) is 2.79. The molecule has 4 nitrogen and oxygen atoms in total. The lowest BCUT2D eigenvalue weighted by Gasteiger charge is -2.24. The van der Waals surface area contributed by atoms with Crippen LogP contribution >= 0.6 is 12.4 Å². The Balaban J connectivity index is 0.00000147. The summed E-state index contributed by atoms with van der Waals surface area (Å²) < 4.78 is 0. The number of rotatable bonds is 2. The van der Waals surface area contributed by atoms with Crippen LogP contribution < -0.4 is 11.1 Å². The van der Waals surface area contributed by atoms with Crippen molar-refractivity contribution in [2.75, 3.05) is 13.1 Å². The molecule has 1 unspecified atom stereocenters. The van der Waals surface area contributed by atoms with Gasteiger partial charge in [-0.25, -0.2) is 0 Å². The van der Waals surface area contributed by atoms with Crippen LogP contribution in [0.5, 0.6) is 0 Å². The number of hydrogen-bond donors (Lipinski definition) is 3. The van der Waals surface area contributed by atoms with Crippen LogP contribution in [-0.2, 0) is 0 Å². The zero-order valence-corrected chi connectivity index (χ0v) is 12.3. The van der Waals surface area contributed by atoms with E-state index in [1.54, 1.807) is 0 Å². The molecule has 1 aliphatic heterocycles. The van der Waals surface area contributed by atoms with Crippen LogP contribution in [0.15, 0.2) is 18.2 Å². The predicted octanol–water partition coefficient (Wildman–Crippen LogP) is 2.46. The lowest BCUT2D eigenvalue weighted by molar-refractivity contribution is 0.100. The molecule has 1 fully saturated rings. The minimum atomic E-state index is -0.375. The van der Waals surface area contributed by atoms with Crippen molar-refractivity contribution in [2.24, 2.45) is 5.73 Å². The Morgan fingerprint density at radius 1 is 1.40 bits per heavy atom. The summed E-state index contributed by atoms with van der Waals surface area (Å²) in [5.41, 5.74) is 9.29. The molecule has 0 saturated carbocycles. The van der Waals surface area contributed by atoms with Crippen LogP contribution in [0.4, 0.5) is 0 Å². The van der Waals surface area contributed by atoms with Gasteiger partial charge in [-0.15, -0.1) is 12.4 Å². The maximum atomic E-state index is 11.5. The minimum absolute atomic E-state index is 0. The Hall–Kier alpha value is -1.52. The maximum absolute atomic E-state index is 11.5. The Bertz CT molecular complexity index is 629. The summed E-state index contributed by atoms with van der Waals surface area (Å²) in [4.78, 5) is 14.8. The summed E-state index contributed by atoms with van der Waals surface area (Å²) in [7, 11) is 0. The number of amides is 1. The van der Waals surface area contributed by atoms with Gasteiger partial charge in [-0.3, -0.25) is 4.79 Å². The number of carbonyl (C=O) groups excluding carboxylic acids is 1. The van der Waals surface area contributed by atoms with Crippen molar-refractivity contribution in [2.45, 2.75) is 25.7 Å². The fraction of sp³-hybridized carbons (Fsp3) is 0.400. The molecule has 1 atom stereocenters. The lowest BCUT2D eigenvalue weighted by Crippen LogP contribution is -2.28. The number of piperidine rings is 1. The molecular formula is C15H20ClN3O. The van der Waals surface area contributed by atoms with Crippen molar-refractivity contribution in [1.82, 2.24) is 10.3 Å². The number of benzene rings is 1. The van der Waals surface area contributed by atoms with Crippen molar-refractivity contribution >= 4 is 29.2 Å². The van der Waals surface area contributed by atoms with Crippen LogP contribution in [0.2, 0.25) is 0 Å². The van der Waals surface area contributed by atoms with Crippen molar-refractivity contribution in [3.8, 4) is 0 Å². The Morgan fingerprint density at radius 2 is 2.20 bits per heavy atom. The van der Waals surface area contributed by atoms with Crippen molar-refractivity contribution in [3.05, 3.63) is 35.0 Å². The van der Waals surface area contributed by atoms with E-state index in [9.17, 15) is 4.79 Å². The number of primary amides is 1. The number of halogens is 1. The first kappa shape index (κ1) is 14.9. The normalized spacial score (nSPS) is 18.8. The number of aromatic amines is 1. The first-order chi connectivity index (χ1) is 9.16. The van der Waals surface area contributed by atoms with E-state index in [1.807, 2.05) is 13.0 Å². The SMILES string of the molecule is Cc1cc2c(C3CCCNC3)ccc(C(N)=O)c2[nH]1.Cl. The van der Waals surface area contributed by atoms with Gasteiger partial charge in [0.05, 0.1) is 11.1 Å². The van der Waals surface area contributed by atoms with Gasteiger partial charge in [-0.05, 0) is 49.9 Å². The highest BCUT2D eigenvalue weighted by molar-refractivity contribution is 6.06. The Labute approximate surface area is 124 Å². The molecule has 1 amide bonds. The van der Waals surface area contributed by atoms with E-state index in [1.165, 1.54) is 18.4 Å². The standard InChI is InChI=1S/C15H19N3O.ClH/c1-9-7-13-11(10-3-2-6-17-8-10)4-5-12(15(16)19)14(13)18-9;/h4-5,7,10,17-18H,2-3,6,8H2,1H3,(H2,16,19);1H. The second-order valence-electron chi connectivity index (χ2n) is 5.35. The molecule has 0 radical (unpaired) electrons. The quantitative estimate of drug-likeness (QED) is 0.796. The van der Waals surface area contributed by atoms with E-state index in [4.69, 9.17) is 5.73 Å². The zero-order chi connectivity index (χ0) is 13.4. The highest BCUT2D eigenvalue weighted by atomic mass is 35.5. The Morgan fingerprint density at radius 3 is 2.85 bits per heavy atom. The lowest BCUT2D eigenvalue weighted by atomic mass is 9.88. The molecule has 5 heteroatoms. The smallest absolute Gasteiger partial charge is 0.250 e. The second kappa shape index (κ2) is 5.85. The van der Waals surface area contributed by atoms with Crippen LogP contribution in [0.3, 0.4) is 0 Å². The number of nitrogens with one attached hydrogen (secondary N) is 2. The molecule has 0 aliphatic carbocycles. The van der Waals surface area contributed by atoms with E-state index < -0.39 is 0 Å². The number of hydrogen-bond acceptors (Lipinski definition) is 2. The third-order valence-electron chi connectivity index (χ3n) is 3.96. The van der Waals surface area contributed by atoms with Gasteiger partial charge in [0.15, 0.2) is 0 Å². The molecule has 3 rings (SSSR count). The molecular weight excluding hydrogens is 274 g/mol. The molecule has 1 aliphatic rings. The highest BCUT2D eigenvalue weighted by Gasteiger charge is 2.20. The highest BCUT2D eigenvalue weighted by Crippen LogP contribution is 2.32. The molecule has 108 valence electrons. The van der Waals surface area contributed by atoms with Gasteiger partial charge in [0, 0.05) is 17.6 Å². The van der Waals surface area contributed by atoms with Gasteiger partial charge in [0.1, 0.15) is 0 Å². The molecule has 2 aromatic rings. The topological polar surface area (TPSA) is 70.9 Å². The van der Waals surface area contributed by atoms with Crippen LogP contribution in [0.25, 0.3) is 10.9 Å². The maximum Gasteiger partial charge on any atom is 0.250 e. The van der Waals surface area contributed by atoms with Crippen molar-refractivity contribution in [3.63, 3.8) is 0 Å². The molecule has 1 saturated heterocycles. The zero-order valence-electron chi connectivity index (χ0n) is 11.5. The summed E-state index contributed by atoms with van der Waals surface area (Å²) in [6.45, 7) is 4.12. The molecule has 4 N–H and O–H groups in total. The molecule has 20 heavy (non-hydrogen) atoms. The van der Waals surface area contributed by atoms with Crippen molar-refractivity contribution in [1.29, 1.82) is 0 Å². The van der Waals surface area contributed by atoms with E-state index in [0.717, 1.165) is 29.7 Å². The molecule has 2 heterocycles. The van der Waals surface area contributed by atoms with Gasteiger partial charge >= 0.3 is 0 Å². The first-order valence-electron chi connectivity index (χ1n) is 6.79. The molecule has 1 aromatic heterocycles. The van der Waals surface area contributed by atoms with Crippen molar-refractivity contribution < 1.29 is 4.79 Å². The largest absolute Gasteiger partial charge is 0.366 e.